The van der Waals surface area contributed by atoms with Crippen molar-refractivity contribution in [3.05, 3.63) is 59.8 Å². The van der Waals surface area contributed by atoms with E-state index in [1.165, 1.54) is 0 Å². The van der Waals surface area contributed by atoms with Crippen molar-refractivity contribution >= 4 is 22.5 Å². The summed E-state index contributed by atoms with van der Waals surface area (Å²) >= 11 is 0. The van der Waals surface area contributed by atoms with E-state index in [0.717, 1.165) is 33.6 Å². The molecule has 0 aliphatic rings. The minimum atomic E-state index is 0.0931. The highest BCUT2D eigenvalue weighted by Gasteiger charge is 2.18. The number of rotatable bonds is 5. The van der Waals surface area contributed by atoms with Gasteiger partial charge < -0.3 is 14.6 Å². The number of carbonyl (C=O) groups excluding carboxylic acids is 1. The van der Waals surface area contributed by atoms with Crippen LogP contribution < -0.4 is 9.64 Å². The molecule has 1 aromatic heterocycles. The predicted octanol–water partition coefficient (Wildman–Crippen LogP) is 4.08. The predicted molar refractivity (Wildman–Crippen MR) is 97.8 cm³/mol. The number of ether oxygens (including phenoxy) is 1. The first kappa shape index (κ1) is 16.1. The quantitative estimate of drug-likeness (QED) is 0.769. The molecule has 0 aliphatic carbocycles. The number of fused-ring (bicyclic) bond motifs is 1. The molecule has 0 atom stereocenters. The van der Waals surface area contributed by atoms with Crippen molar-refractivity contribution < 1.29 is 9.53 Å². The van der Waals surface area contributed by atoms with Gasteiger partial charge in [0, 0.05) is 28.8 Å². The summed E-state index contributed by atoms with van der Waals surface area (Å²) < 4.78 is 5.32. The molecular formula is C20H22N2O2. The van der Waals surface area contributed by atoms with Gasteiger partial charge in [-0.05, 0) is 49.7 Å². The summed E-state index contributed by atoms with van der Waals surface area (Å²) in [5.74, 6) is 0.890. The molecule has 0 saturated heterocycles. The van der Waals surface area contributed by atoms with Crippen LogP contribution in [0.4, 0.5) is 5.69 Å². The zero-order chi connectivity index (χ0) is 17.1. The maximum Gasteiger partial charge on any atom is 0.231 e. The first-order valence-electron chi connectivity index (χ1n) is 8.14. The highest BCUT2D eigenvalue weighted by Crippen LogP contribution is 2.27. The normalized spacial score (nSPS) is 10.8. The summed E-state index contributed by atoms with van der Waals surface area (Å²) in [5.41, 5.74) is 4.01. The lowest BCUT2D eigenvalue weighted by atomic mass is 10.1. The Bertz CT molecular complexity index is 853. The number of nitrogens with one attached hydrogen (secondary N) is 1. The van der Waals surface area contributed by atoms with Gasteiger partial charge in [0.25, 0.3) is 0 Å². The molecule has 4 nitrogen and oxygen atoms in total. The first-order valence-corrected chi connectivity index (χ1v) is 8.14. The van der Waals surface area contributed by atoms with E-state index in [-0.39, 0.29) is 5.91 Å². The summed E-state index contributed by atoms with van der Waals surface area (Å²) in [6.07, 6.45) is 0.363. The summed E-state index contributed by atoms with van der Waals surface area (Å²) in [5, 5.41) is 1.05. The number of anilines is 1. The zero-order valence-electron chi connectivity index (χ0n) is 14.3. The SMILES string of the molecule is CCN(C(=O)Cc1c(C)[nH]c2ccc(OC)cc12)c1ccccc1. The molecular weight excluding hydrogens is 300 g/mol. The highest BCUT2D eigenvalue weighted by molar-refractivity contribution is 5.98. The van der Waals surface area contributed by atoms with Crippen molar-refractivity contribution in [1.29, 1.82) is 0 Å². The number of aromatic nitrogens is 1. The highest BCUT2D eigenvalue weighted by atomic mass is 16.5. The van der Waals surface area contributed by atoms with Crippen LogP contribution >= 0.6 is 0 Å². The molecule has 0 saturated carbocycles. The molecule has 0 unspecified atom stereocenters. The molecule has 124 valence electrons. The lowest BCUT2D eigenvalue weighted by Crippen LogP contribution is -2.32. The van der Waals surface area contributed by atoms with Crippen LogP contribution in [0.1, 0.15) is 18.2 Å². The second-order valence-corrected chi connectivity index (χ2v) is 5.79. The Morgan fingerprint density at radius 1 is 1.17 bits per heavy atom. The number of H-pyrrole nitrogens is 1. The molecule has 3 aromatic rings. The summed E-state index contributed by atoms with van der Waals surface area (Å²) in [6, 6.07) is 15.7. The third-order valence-corrected chi connectivity index (χ3v) is 4.34. The van der Waals surface area contributed by atoms with Crippen LogP contribution in [-0.2, 0) is 11.2 Å². The topological polar surface area (TPSA) is 45.3 Å². The number of aryl methyl sites for hydroxylation is 1. The van der Waals surface area contributed by atoms with Gasteiger partial charge in [-0.1, -0.05) is 18.2 Å². The van der Waals surface area contributed by atoms with Gasteiger partial charge >= 0.3 is 0 Å². The lowest BCUT2D eigenvalue weighted by Gasteiger charge is -2.21. The maximum absolute atomic E-state index is 12.9. The Morgan fingerprint density at radius 2 is 1.92 bits per heavy atom. The van der Waals surface area contributed by atoms with Gasteiger partial charge in [-0.2, -0.15) is 0 Å². The fourth-order valence-electron chi connectivity index (χ4n) is 3.07. The van der Waals surface area contributed by atoms with Gasteiger partial charge in [0.15, 0.2) is 0 Å². The van der Waals surface area contributed by atoms with Crippen LogP contribution in [0.15, 0.2) is 48.5 Å². The molecule has 0 fully saturated rings. The zero-order valence-corrected chi connectivity index (χ0v) is 14.3. The standard InChI is InChI=1S/C20H22N2O2/c1-4-22(15-8-6-5-7-9-15)20(23)13-17-14(2)21-19-11-10-16(24-3)12-18(17)19/h5-12,21H,4,13H2,1-3H3. The average Bonchev–Trinajstić information content (AvgIpc) is 2.91. The summed E-state index contributed by atoms with van der Waals surface area (Å²) in [7, 11) is 1.65. The minimum absolute atomic E-state index is 0.0931. The van der Waals surface area contributed by atoms with Gasteiger partial charge in [0.05, 0.1) is 13.5 Å². The molecule has 1 heterocycles. The van der Waals surface area contributed by atoms with Crippen LogP contribution in [0.3, 0.4) is 0 Å². The molecule has 24 heavy (non-hydrogen) atoms. The molecule has 1 N–H and O–H groups in total. The van der Waals surface area contributed by atoms with E-state index in [9.17, 15) is 4.79 Å². The second-order valence-electron chi connectivity index (χ2n) is 5.79. The number of hydrogen-bond acceptors (Lipinski definition) is 2. The van der Waals surface area contributed by atoms with Crippen molar-refractivity contribution in [1.82, 2.24) is 4.98 Å². The smallest absolute Gasteiger partial charge is 0.231 e. The van der Waals surface area contributed by atoms with Gasteiger partial charge in [0.2, 0.25) is 5.91 Å². The average molecular weight is 322 g/mol. The Kier molecular flexibility index (Phi) is 4.56. The van der Waals surface area contributed by atoms with Gasteiger partial charge in [-0.3, -0.25) is 4.79 Å². The largest absolute Gasteiger partial charge is 0.497 e. The van der Waals surface area contributed by atoms with Crippen molar-refractivity contribution in [2.75, 3.05) is 18.6 Å². The molecule has 1 amide bonds. The first-order chi connectivity index (χ1) is 11.6. The third kappa shape index (κ3) is 3.00. The number of nitrogens with zero attached hydrogens (tertiary/aromatic N) is 1. The molecule has 2 aromatic carbocycles. The van der Waals surface area contributed by atoms with Gasteiger partial charge in [0.1, 0.15) is 5.75 Å². The number of hydrogen-bond donors (Lipinski definition) is 1. The summed E-state index contributed by atoms with van der Waals surface area (Å²) in [6.45, 7) is 4.65. The van der Waals surface area contributed by atoms with E-state index in [4.69, 9.17) is 4.74 Å². The van der Waals surface area contributed by atoms with E-state index in [2.05, 4.69) is 4.98 Å². The van der Waals surface area contributed by atoms with Crippen LogP contribution in [0.5, 0.6) is 5.75 Å². The number of methoxy groups -OCH3 is 1. The van der Waals surface area contributed by atoms with Crippen LogP contribution in [0, 0.1) is 6.92 Å². The maximum atomic E-state index is 12.9. The Labute approximate surface area is 142 Å². The molecule has 4 heteroatoms. The molecule has 0 radical (unpaired) electrons. The van der Waals surface area contributed by atoms with Gasteiger partial charge in [-0.15, -0.1) is 0 Å². The van der Waals surface area contributed by atoms with Crippen LogP contribution in [0.25, 0.3) is 10.9 Å². The number of para-hydroxylation sites is 1. The Balaban J connectivity index is 1.93. The lowest BCUT2D eigenvalue weighted by molar-refractivity contribution is -0.117. The fourth-order valence-corrected chi connectivity index (χ4v) is 3.07. The van der Waals surface area contributed by atoms with E-state index in [1.54, 1.807) is 7.11 Å². The van der Waals surface area contributed by atoms with Crippen LogP contribution in [0.2, 0.25) is 0 Å². The molecule has 0 bridgehead atoms. The number of amides is 1. The Hall–Kier alpha value is -2.75. The van der Waals surface area contributed by atoms with E-state index in [0.29, 0.717) is 13.0 Å². The number of benzene rings is 2. The van der Waals surface area contributed by atoms with Crippen molar-refractivity contribution in [3.8, 4) is 5.75 Å². The summed E-state index contributed by atoms with van der Waals surface area (Å²) in [4.78, 5) is 18.0. The van der Waals surface area contributed by atoms with Crippen LogP contribution in [-0.4, -0.2) is 24.5 Å². The second kappa shape index (κ2) is 6.79. The van der Waals surface area contributed by atoms with Crippen molar-refractivity contribution in [2.45, 2.75) is 20.3 Å². The number of aromatic amines is 1. The molecule has 0 aliphatic heterocycles. The number of carbonyl (C=O) groups is 1. The monoisotopic (exact) mass is 322 g/mol. The van der Waals surface area contributed by atoms with E-state index < -0.39 is 0 Å². The third-order valence-electron chi connectivity index (χ3n) is 4.34. The Morgan fingerprint density at radius 3 is 2.58 bits per heavy atom. The van der Waals surface area contributed by atoms with Gasteiger partial charge in [-0.25, -0.2) is 0 Å². The molecule has 3 rings (SSSR count). The minimum Gasteiger partial charge on any atom is -0.497 e. The van der Waals surface area contributed by atoms with Crippen molar-refractivity contribution in [2.24, 2.45) is 0 Å². The molecule has 0 spiro atoms. The fraction of sp³-hybridized carbons (Fsp3) is 0.250. The van der Waals surface area contributed by atoms with E-state index in [1.807, 2.05) is 67.3 Å². The number of likely N-dealkylation sites (N-methyl/N-ethyl adjacent to an activating group) is 1. The van der Waals surface area contributed by atoms with Crippen molar-refractivity contribution in [3.63, 3.8) is 0 Å². The van der Waals surface area contributed by atoms with E-state index >= 15 is 0 Å².